The zero-order valence-electron chi connectivity index (χ0n) is 7.72. The van der Waals surface area contributed by atoms with Crippen molar-refractivity contribution in [3.8, 4) is 0 Å². The second kappa shape index (κ2) is 7.06. The molecule has 1 aliphatic heterocycles. The summed E-state index contributed by atoms with van der Waals surface area (Å²) in [7, 11) is 0. The Hall–Kier alpha value is -0.290. The molecule has 82 valence electrons. The van der Waals surface area contributed by atoms with Crippen LogP contribution in [0.2, 0.25) is 0 Å². The first-order valence-electron chi connectivity index (χ1n) is 4.13. The van der Waals surface area contributed by atoms with Crippen molar-refractivity contribution in [2.75, 3.05) is 26.2 Å². The molecule has 1 unspecified atom stereocenters. The van der Waals surface area contributed by atoms with Crippen LogP contribution in [0.1, 0.15) is 0 Å². The summed E-state index contributed by atoms with van der Waals surface area (Å²) >= 11 is 5.50. The molecule has 0 saturated carbocycles. The third kappa shape index (κ3) is 4.81. The van der Waals surface area contributed by atoms with Crippen molar-refractivity contribution < 1.29 is 9.53 Å². The van der Waals surface area contributed by atoms with Crippen molar-refractivity contribution in [1.29, 1.82) is 0 Å². The number of ether oxygens (including phenoxy) is 1. The van der Waals surface area contributed by atoms with Gasteiger partial charge in [-0.2, -0.15) is 0 Å². The molecule has 0 aromatic heterocycles. The molecule has 2 N–H and O–H groups in total. The van der Waals surface area contributed by atoms with Crippen LogP contribution in [-0.2, 0) is 9.53 Å². The number of amides is 1. The molecule has 0 aliphatic carbocycles. The number of halogens is 2. The molecule has 4 nitrogen and oxygen atoms in total. The Morgan fingerprint density at radius 3 is 2.93 bits per heavy atom. The van der Waals surface area contributed by atoms with Gasteiger partial charge in [0, 0.05) is 18.1 Å². The maximum Gasteiger partial charge on any atom is 0.250 e. The Morgan fingerprint density at radius 1 is 1.71 bits per heavy atom. The van der Waals surface area contributed by atoms with Gasteiger partial charge in [0.05, 0.1) is 13.2 Å². The molecule has 1 saturated heterocycles. The Balaban J connectivity index is 0.00000169. The molecule has 1 aliphatic rings. The van der Waals surface area contributed by atoms with Gasteiger partial charge in [-0.3, -0.25) is 4.79 Å². The third-order valence-corrected chi connectivity index (χ3v) is 1.81. The Labute approximate surface area is 94.4 Å². The number of carbonyl (C=O) groups excluding carboxylic acids is 1. The van der Waals surface area contributed by atoms with Crippen molar-refractivity contribution >= 4 is 29.9 Å². The molecule has 0 bridgehead atoms. The van der Waals surface area contributed by atoms with Gasteiger partial charge in [0.15, 0.2) is 0 Å². The minimum Gasteiger partial charge on any atom is -0.366 e. The second-order valence-corrected chi connectivity index (χ2v) is 3.33. The van der Waals surface area contributed by atoms with Gasteiger partial charge in [-0.05, 0) is 0 Å². The lowest BCUT2D eigenvalue weighted by Crippen LogP contribution is -2.48. The number of hydrogen-bond acceptors (Lipinski definition) is 3. The highest BCUT2D eigenvalue weighted by molar-refractivity contribution is 6.29. The quantitative estimate of drug-likeness (QED) is 0.745. The van der Waals surface area contributed by atoms with E-state index in [4.69, 9.17) is 16.3 Å². The van der Waals surface area contributed by atoms with Crippen LogP contribution in [0.5, 0.6) is 0 Å². The van der Waals surface area contributed by atoms with Crippen LogP contribution in [0.4, 0.5) is 0 Å². The van der Waals surface area contributed by atoms with Gasteiger partial charge in [-0.1, -0.05) is 18.2 Å². The number of carbonyl (C=O) groups is 1. The van der Waals surface area contributed by atoms with Crippen LogP contribution in [-0.4, -0.2) is 38.3 Å². The topological polar surface area (TPSA) is 50.4 Å². The first-order chi connectivity index (χ1) is 6.20. The van der Waals surface area contributed by atoms with Gasteiger partial charge in [0.1, 0.15) is 6.10 Å². The molecule has 0 spiro atoms. The van der Waals surface area contributed by atoms with E-state index in [2.05, 4.69) is 17.2 Å². The number of hydrogen-bond donors (Lipinski definition) is 2. The van der Waals surface area contributed by atoms with Crippen molar-refractivity contribution in [2.24, 2.45) is 0 Å². The van der Waals surface area contributed by atoms with Crippen LogP contribution in [0, 0.1) is 0 Å². The molecule has 6 heteroatoms. The van der Waals surface area contributed by atoms with Gasteiger partial charge in [-0.15, -0.1) is 12.4 Å². The standard InChI is InChI=1S/C8H13ClN2O2.ClH/c1-6(9)4-11-8(12)7-5-10-2-3-13-7;/h7,10H,1-5H2,(H,11,12);1H. The third-order valence-electron chi connectivity index (χ3n) is 1.67. The van der Waals surface area contributed by atoms with E-state index in [1.165, 1.54) is 0 Å². The normalized spacial score (nSPS) is 20.8. The molecular weight excluding hydrogens is 227 g/mol. The van der Waals surface area contributed by atoms with E-state index in [0.717, 1.165) is 6.54 Å². The van der Waals surface area contributed by atoms with E-state index >= 15 is 0 Å². The number of nitrogens with one attached hydrogen (secondary N) is 2. The summed E-state index contributed by atoms with van der Waals surface area (Å²) < 4.78 is 5.22. The number of rotatable bonds is 3. The van der Waals surface area contributed by atoms with Gasteiger partial charge in [-0.25, -0.2) is 0 Å². The van der Waals surface area contributed by atoms with E-state index in [0.29, 0.717) is 24.7 Å². The summed E-state index contributed by atoms with van der Waals surface area (Å²) in [4.78, 5) is 11.3. The highest BCUT2D eigenvalue weighted by Gasteiger charge is 2.20. The zero-order chi connectivity index (χ0) is 9.68. The lowest BCUT2D eigenvalue weighted by molar-refractivity contribution is -0.133. The van der Waals surface area contributed by atoms with Gasteiger partial charge >= 0.3 is 0 Å². The maximum atomic E-state index is 11.3. The summed E-state index contributed by atoms with van der Waals surface area (Å²) in [6, 6.07) is 0. The molecular formula is C8H14Cl2N2O2. The zero-order valence-corrected chi connectivity index (χ0v) is 9.29. The van der Waals surface area contributed by atoms with Crippen LogP contribution >= 0.6 is 24.0 Å². The first-order valence-corrected chi connectivity index (χ1v) is 4.51. The van der Waals surface area contributed by atoms with E-state index in [9.17, 15) is 4.79 Å². The highest BCUT2D eigenvalue weighted by atomic mass is 35.5. The van der Waals surface area contributed by atoms with E-state index in [-0.39, 0.29) is 18.3 Å². The van der Waals surface area contributed by atoms with Crippen LogP contribution in [0.25, 0.3) is 0 Å². The summed E-state index contributed by atoms with van der Waals surface area (Å²) in [5, 5.41) is 6.09. The minimum atomic E-state index is -0.398. The molecule has 1 atom stereocenters. The Kier molecular flexibility index (Phi) is 6.92. The maximum absolute atomic E-state index is 11.3. The van der Waals surface area contributed by atoms with Crippen molar-refractivity contribution in [3.63, 3.8) is 0 Å². The van der Waals surface area contributed by atoms with Gasteiger partial charge in [0.25, 0.3) is 5.91 Å². The minimum absolute atomic E-state index is 0. The van der Waals surface area contributed by atoms with E-state index < -0.39 is 6.10 Å². The molecule has 0 radical (unpaired) electrons. The van der Waals surface area contributed by atoms with Gasteiger partial charge < -0.3 is 15.4 Å². The second-order valence-electron chi connectivity index (χ2n) is 2.80. The monoisotopic (exact) mass is 240 g/mol. The van der Waals surface area contributed by atoms with Crippen LogP contribution in [0.15, 0.2) is 11.6 Å². The summed E-state index contributed by atoms with van der Waals surface area (Å²) in [6.45, 7) is 5.68. The van der Waals surface area contributed by atoms with Gasteiger partial charge in [0.2, 0.25) is 0 Å². The predicted molar refractivity (Wildman–Crippen MR) is 57.9 cm³/mol. The Bertz CT molecular complexity index is 206. The molecule has 1 rings (SSSR count). The fraction of sp³-hybridized carbons (Fsp3) is 0.625. The lowest BCUT2D eigenvalue weighted by Gasteiger charge is -2.22. The highest BCUT2D eigenvalue weighted by Crippen LogP contribution is 1.97. The van der Waals surface area contributed by atoms with Crippen molar-refractivity contribution in [2.45, 2.75) is 6.10 Å². The van der Waals surface area contributed by atoms with Crippen molar-refractivity contribution in [1.82, 2.24) is 10.6 Å². The first kappa shape index (κ1) is 13.7. The Morgan fingerprint density at radius 2 is 2.43 bits per heavy atom. The molecule has 1 fully saturated rings. The fourth-order valence-electron chi connectivity index (χ4n) is 1.03. The average molecular weight is 241 g/mol. The van der Waals surface area contributed by atoms with Crippen LogP contribution in [0.3, 0.4) is 0 Å². The predicted octanol–water partition coefficient (Wildman–Crippen LogP) is 0.265. The summed E-state index contributed by atoms with van der Waals surface area (Å²) in [5.41, 5.74) is 0. The number of morpholine rings is 1. The van der Waals surface area contributed by atoms with Crippen molar-refractivity contribution in [3.05, 3.63) is 11.6 Å². The lowest BCUT2D eigenvalue weighted by atomic mass is 10.3. The molecule has 14 heavy (non-hydrogen) atoms. The summed E-state index contributed by atoms with van der Waals surface area (Å²) in [6.07, 6.45) is -0.398. The smallest absolute Gasteiger partial charge is 0.250 e. The molecule has 0 aromatic carbocycles. The fourth-order valence-corrected chi connectivity index (χ4v) is 1.10. The molecule has 1 amide bonds. The van der Waals surface area contributed by atoms with E-state index in [1.54, 1.807) is 0 Å². The van der Waals surface area contributed by atoms with Crippen LogP contribution < -0.4 is 10.6 Å². The SMILES string of the molecule is C=C(Cl)CNC(=O)C1CNCCO1.Cl. The molecule has 0 aromatic rings. The van der Waals surface area contributed by atoms with E-state index in [1.807, 2.05) is 0 Å². The largest absolute Gasteiger partial charge is 0.366 e. The summed E-state index contributed by atoms with van der Waals surface area (Å²) in [5.74, 6) is -0.144. The molecule has 1 heterocycles. The average Bonchev–Trinajstić information content (AvgIpc) is 2.15.